The highest BCUT2D eigenvalue weighted by Crippen LogP contribution is 2.27. The maximum Gasteiger partial charge on any atom is 0.240 e. The van der Waals surface area contributed by atoms with E-state index < -0.39 is 22.3 Å². The molecule has 0 aromatic heterocycles. The second kappa shape index (κ2) is 9.60. The summed E-state index contributed by atoms with van der Waals surface area (Å²) < 4.78 is 45.8. The van der Waals surface area contributed by atoms with Gasteiger partial charge in [-0.1, -0.05) is 0 Å². The second-order valence-electron chi connectivity index (χ2n) is 8.20. The summed E-state index contributed by atoms with van der Waals surface area (Å²) in [6.45, 7) is 2.28. The van der Waals surface area contributed by atoms with Gasteiger partial charge >= 0.3 is 0 Å². The highest BCUT2D eigenvalue weighted by molar-refractivity contribution is 7.89. The van der Waals surface area contributed by atoms with E-state index in [4.69, 9.17) is 14.2 Å². The molecule has 0 bridgehead atoms. The van der Waals surface area contributed by atoms with Crippen molar-refractivity contribution in [3.63, 3.8) is 0 Å². The first-order chi connectivity index (χ1) is 14.9. The van der Waals surface area contributed by atoms with Crippen molar-refractivity contribution in [3.8, 4) is 5.75 Å². The van der Waals surface area contributed by atoms with Crippen molar-refractivity contribution in [2.45, 2.75) is 49.0 Å². The number of allylic oxidation sites excluding steroid dienone is 1. The highest BCUT2D eigenvalue weighted by atomic mass is 32.2. The second-order valence-corrected chi connectivity index (χ2v) is 9.91. The summed E-state index contributed by atoms with van der Waals surface area (Å²) >= 11 is 0. The Bertz CT molecular complexity index is 923. The number of ether oxygens (including phenoxy) is 3. The first-order valence-corrected chi connectivity index (χ1v) is 12.2. The van der Waals surface area contributed by atoms with E-state index in [2.05, 4.69) is 14.9 Å². The topological polar surface area (TPSA) is 89.1 Å². The number of rotatable bonds is 6. The number of nitrogens with zero attached hydrogens (tertiary/aromatic N) is 1. The third-order valence-corrected chi connectivity index (χ3v) is 7.44. The van der Waals surface area contributed by atoms with Crippen LogP contribution in [0.25, 0.3) is 0 Å². The molecule has 2 atom stereocenters. The zero-order valence-electron chi connectivity index (χ0n) is 18.0. The molecule has 9 heteroatoms. The molecule has 0 radical (unpaired) electrons. The maximum absolute atomic E-state index is 13.1. The van der Waals surface area contributed by atoms with E-state index in [1.807, 2.05) is 19.3 Å². The van der Waals surface area contributed by atoms with E-state index in [-0.39, 0.29) is 11.0 Å². The third-order valence-electron chi connectivity index (χ3n) is 5.94. The summed E-state index contributed by atoms with van der Waals surface area (Å²) in [6, 6.07) is 6.20. The Kier molecular flexibility index (Phi) is 6.86. The fourth-order valence-corrected chi connectivity index (χ4v) is 5.34. The minimum Gasteiger partial charge on any atom is -0.490 e. The van der Waals surface area contributed by atoms with Crippen molar-refractivity contribution in [1.29, 1.82) is 0 Å². The Morgan fingerprint density at radius 3 is 2.65 bits per heavy atom. The zero-order chi connectivity index (χ0) is 21.8. The summed E-state index contributed by atoms with van der Waals surface area (Å²) in [5.74, 6) is 0.670. The Morgan fingerprint density at radius 1 is 1.19 bits per heavy atom. The van der Waals surface area contributed by atoms with Gasteiger partial charge in [-0.05, 0) is 48.8 Å². The van der Waals surface area contributed by atoms with Gasteiger partial charge in [0, 0.05) is 45.4 Å². The van der Waals surface area contributed by atoms with Gasteiger partial charge in [0.05, 0.1) is 24.2 Å². The lowest BCUT2D eigenvalue weighted by Crippen LogP contribution is -2.53. The van der Waals surface area contributed by atoms with Gasteiger partial charge in [-0.3, -0.25) is 0 Å². The van der Waals surface area contributed by atoms with Crippen LogP contribution in [0.5, 0.6) is 5.75 Å². The van der Waals surface area contributed by atoms with Crippen molar-refractivity contribution in [2.75, 3.05) is 33.9 Å². The van der Waals surface area contributed by atoms with Gasteiger partial charge in [0.2, 0.25) is 10.0 Å². The van der Waals surface area contributed by atoms with Crippen molar-refractivity contribution >= 4 is 10.0 Å². The smallest absolute Gasteiger partial charge is 0.240 e. The Balaban J connectivity index is 1.44. The van der Waals surface area contributed by atoms with Crippen molar-refractivity contribution in [3.05, 3.63) is 47.8 Å². The SMILES string of the molecule is COC1NC2=C(CCN(C)C=C2)CC1NS(=O)(=O)c1ccc(OC2CCOCC2)cc1. The minimum absolute atomic E-state index is 0.111. The van der Waals surface area contributed by atoms with Crippen LogP contribution in [0.3, 0.4) is 0 Å². The van der Waals surface area contributed by atoms with Crippen LogP contribution in [0, 0.1) is 0 Å². The molecular weight excluding hydrogens is 418 g/mol. The molecule has 0 amide bonds. The first kappa shape index (κ1) is 22.1. The standard InChI is InChI=1S/C22H31N3O5S/c1-25-11-7-16-15-21(22(28-2)23-20(16)8-12-25)24-31(26,27)19-5-3-17(4-6-19)30-18-9-13-29-14-10-18/h3-6,8,12,18,21-24H,7,9-11,13-15H2,1-2H3. The number of benzene rings is 1. The van der Waals surface area contributed by atoms with E-state index in [1.165, 1.54) is 5.57 Å². The van der Waals surface area contributed by atoms with Crippen LogP contribution in [0.15, 0.2) is 52.7 Å². The average Bonchev–Trinajstić information content (AvgIpc) is 2.95. The molecule has 3 heterocycles. The van der Waals surface area contributed by atoms with Crippen LogP contribution in [0.1, 0.15) is 25.7 Å². The summed E-state index contributed by atoms with van der Waals surface area (Å²) in [6.07, 6.45) is 6.88. The van der Waals surface area contributed by atoms with Crippen LogP contribution >= 0.6 is 0 Å². The number of nitrogens with one attached hydrogen (secondary N) is 2. The van der Waals surface area contributed by atoms with Gasteiger partial charge in [-0.25, -0.2) is 13.1 Å². The molecule has 8 nitrogen and oxygen atoms in total. The van der Waals surface area contributed by atoms with Gasteiger partial charge in [-0.15, -0.1) is 0 Å². The molecule has 1 saturated heterocycles. The largest absolute Gasteiger partial charge is 0.490 e. The van der Waals surface area contributed by atoms with Gasteiger partial charge in [0.25, 0.3) is 0 Å². The summed E-state index contributed by atoms with van der Waals surface area (Å²) in [5.41, 5.74) is 2.21. The highest BCUT2D eigenvalue weighted by Gasteiger charge is 2.33. The zero-order valence-corrected chi connectivity index (χ0v) is 18.9. The molecule has 1 fully saturated rings. The number of hydrogen-bond donors (Lipinski definition) is 2. The summed E-state index contributed by atoms with van der Waals surface area (Å²) in [5, 5.41) is 3.33. The normalized spacial score (nSPS) is 25.0. The first-order valence-electron chi connectivity index (χ1n) is 10.7. The molecule has 4 rings (SSSR count). The quantitative estimate of drug-likeness (QED) is 0.686. The van der Waals surface area contributed by atoms with Crippen LogP contribution in [0.4, 0.5) is 0 Å². The average molecular weight is 450 g/mol. The number of sulfonamides is 1. The van der Waals surface area contributed by atoms with Gasteiger partial charge in [-0.2, -0.15) is 0 Å². The van der Waals surface area contributed by atoms with Gasteiger partial charge in [0.1, 0.15) is 18.1 Å². The van der Waals surface area contributed by atoms with Gasteiger partial charge in [0.15, 0.2) is 0 Å². The van der Waals surface area contributed by atoms with E-state index in [0.717, 1.165) is 31.5 Å². The van der Waals surface area contributed by atoms with Gasteiger partial charge < -0.3 is 24.4 Å². The Hall–Kier alpha value is -2.07. The summed E-state index contributed by atoms with van der Waals surface area (Å²) in [7, 11) is -0.0981. The van der Waals surface area contributed by atoms with Crippen molar-refractivity contribution in [1.82, 2.24) is 14.9 Å². The van der Waals surface area contributed by atoms with E-state index in [1.54, 1.807) is 31.4 Å². The predicted octanol–water partition coefficient (Wildman–Crippen LogP) is 1.96. The predicted molar refractivity (Wildman–Crippen MR) is 117 cm³/mol. The molecule has 3 aliphatic rings. The van der Waals surface area contributed by atoms with E-state index >= 15 is 0 Å². The van der Waals surface area contributed by atoms with Crippen molar-refractivity contribution < 1.29 is 22.6 Å². The number of hydrogen-bond acceptors (Lipinski definition) is 7. The summed E-state index contributed by atoms with van der Waals surface area (Å²) in [4.78, 5) is 2.33. The molecule has 31 heavy (non-hydrogen) atoms. The molecule has 2 N–H and O–H groups in total. The van der Waals surface area contributed by atoms with E-state index in [0.29, 0.717) is 25.4 Å². The van der Waals surface area contributed by atoms with E-state index in [9.17, 15) is 8.42 Å². The fraction of sp³-hybridized carbons (Fsp3) is 0.545. The lowest BCUT2D eigenvalue weighted by atomic mass is 9.96. The molecule has 0 saturated carbocycles. The maximum atomic E-state index is 13.1. The van der Waals surface area contributed by atoms with Crippen molar-refractivity contribution in [2.24, 2.45) is 0 Å². The number of methoxy groups -OCH3 is 1. The molecular formula is C22H31N3O5S. The monoisotopic (exact) mass is 449 g/mol. The minimum atomic E-state index is -3.71. The lowest BCUT2D eigenvalue weighted by molar-refractivity contribution is 0.0255. The molecule has 3 aliphatic heterocycles. The fourth-order valence-electron chi connectivity index (χ4n) is 4.11. The van der Waals surface area contributed by atoms with Crippen LogP contribution in [-0.4, -0.2) is 65.6 Å². The molecule has 0 spiro atoms. The molecule has 1 aromatic rings. The Labute approximate surface area is 184 Å². The Morgan fingerprint density at radius 2 is 1.94 bits per heavy atom. The third kappa shape index (κ3) is 5.41. The lowest BCUT2D eigenvalue weighted by Gasteiger charge is -2.34. The molecule has 0 aliphatic carbocycles. The molecule has 170 valence electrons. The van der Waals surface area contributed by atoms with Crippen LogP contribution < -0.4 is 14.8 Å². The molecule has 1 aromatic carbocycles. The van der Waals surface area contributed by atoms with Crippen LogP contribution in [-0.2, 0) is 19.5 Å². The van der Waals surface area contributed by atoms with Crippen LogP contribution in [0.2, 0.25) is 0 Å². The molecule has 2 unspecified atom stereocenters.